The lowest BCUT2D eigenvalue weighted by atomic mass is 9.94. The smallest absolute Gasteiger partial charge is 0.186 e. The third-order valence-electron chi connectivity index (χ3n) is 5.57. The highest BCUT2D eigenvalue weighted by Gasteiger charge is 2.20. The number of fused-ring (bicyclic) bond motifs is 1. The van der Waals surface area contributed by atoms with Gasteiger partial charge in [-0.3, -0.25) is 14.6 Å². The number of pyridine rings is 1. The van der Waals surface area contributed by atoms with Crippen LogP contribution >= 0.6 is 0 Å². The zero-order chi connectivity index (χ0) is 24.9. The molecule has 1 aromatic heterocycles. The number of methoxy groups -OCH3 is 2. The highest BCUT2D eigenvalue weighted by Crippen LogP contribution is 2.37. The highest BCUT2D eigenvalue weighted by molar-refractivity contribution is 6.34. The number of carbonyl (C=O) groups excluding carboxylic acids is 2. The number of carbonyl (C=O) groups is 2. The second-order valence-corrected chi connectivity index (χ2v) is 8.13. The van der Waals surface area contributed by atoms with Gasteiger partial charge >= 0.3 is 0 Å². The molecule has 180 valence electrons. The second-order valence-electron chi connectivity index (χ2n) is 8.13. The number of hydrogen-bond acceptors (Lipinski definition) is 8. The Hall–Kier alpha value is -4.17. The number of ether oxygens (including phenoxy) is 3. The van der Waals surface area contributed by atoms with Crippen LogP contribution in [0.3, 0.4) is 0 Å². The summed E-state index contributed by atoms with van der Waals surface area (Å²) >= 11 is 0. The average molecular weight is 474 g/mol. The third kappa shape index (κ3) is 5.17. The van der Waals surface area contributed by atoms with Crippen molar-refractivity contribution in [2.24, 2.45) is 0 Å². The van der Waals surface area contributed by atoms with Crippen molar-refractivity contribution in [3.8, 4) is 11.5 Å². The Kier molecular flexibility index (Phi) is 7.12. The number of hydrogen-bond donors (Lipinski definition) is 1. The molecule has 0 saturated carbocycles. The van der Waals surface area contributed by atoms with Crippen molar-refractivity contribution in [3.63, 3.8) is 0 Å². The van der Waals surface area contributed by atoms with Crippen LogP contribution in [-0.4, -0.2) is 58.1 Å². The monoisotopic (exact) mass is 473 g/mol. The highest BCUT2D eigenvalue weighted by atomic mass is 16.5. The number of nitrogens with zero attached hydrogens (tertiary/aromatic N) is 2. The van der Waals surface area contributed by atoms with Crippen LogP contribution in [0.25, 0.3) is 16.5 Å². The summed E-state index contributed by atoms with van der Waals surface area (Å²) < 4.78 is 16.4. The van der Waals surface area contributed by atoms with E-state index >= 15 is 0 Å². The minimum absolute atomic E-state index is 0.204. The molecule has 0 spiro atoms. The van der Waals surface area contributed by atoms with Crippen LogP contribution < -0.4 is 19.7 Å². The minimum Gasteiger partial charge on any atom is -0.493 e. The third-order valence-corrected chi connectivity index (χ3v) is 5.57. The first-order valence-electron chi connectivity index (χ1n) is 11.1. The molecular formula is C27H27N3O5. The molecule has 0 amide bonds. The molecular weight excluding hydrogens is 446 g/mol. The van der Waals surface area contributed by atoms with Crippen molar-refractivity contribution in [2.45, 2.75) is 0 Å². The molecule has 0 aliphatic heterocycles. The van der Waals surface area contributed by atoms with E-state index in [9.17, 15) is 9.59 Å². The second kappa shape index (κ2) is 10.4. The van der Waals surface area contributed by atoms with E-state index in [2.05, 4.69) is 10.3 Å². The molecule has 1 aliphatic rings. The zero-order valence-electron chi connectivity index (χ0n) is 20.1. The maximum atomic E-state index is 12.6. The lowest BCUT2D eigenvalue weighted by Gasteiger charge is -2.21. The van der Waals surface area contributed by atoms with Crippen molar-refractivity contribution in [1.29, 1.82) is 0 Å². The number of anilines is 3. The van der Waals surface area contributed by atoms with Gasteiger partial charge in [-0.1, -0.05) is 0 Å². The fourth-order valence-electron chi connectivity index (χ4n) is 3.86. The minimum atomic E-state index is -0.210. The molecule has 4 rings (SSSR count). The molecule has 3 aromatic rings. The van der Waals surface area contributed by atoms with Crippen molar-refractivity contribution in [2.75, 3.05) is 51.7 Å². The van der Waals surface area contributed by atoms with Crippen LogP contribution in [0.1, 0.15) is 5.56 Å². The zero-order valence-corrected chi connectivity index (χ0v) is 20.1. The first kappa shape index (κ1) is 24.0. The molecule has 0 fully saturated rings. The lowest BCUT2D eigenvalue weighted by Crippen LogP contribution is -2.14. The fourth-order valence-corrected chi connectivity index (χ4v) is 3.86. The molecule has 0 unspecified atom stereocenters. The van der Waals surface area contributed by atoms with Crippen molar-refractivity contribution < 1.29 is 23.8 Å². The van der Waals surface area contributed by atoms with Crippen LogP contribution in [0, 0.1) is 0 Å². The summed E-state index contributed by atoms with van der Waals surface area (Å²) in [5, 5.41) is 4.27. The predicted molar refractivity (Wildman–Crippen MR) is 137 cm³/mol. The molecule has 2 aromatic carbocycles. The summed E-state index contributed by atoms with van der Waals surface area (Å²) in [6.45, 7) is 0.853. The molecule has 0 saturated heterocycles. The molecule has 0 radical (unpaired) electrons. The fraction of sp³-hybridized carbons (Fsp3) is 0.222. The Morgan fingerprint density at radius 2 is 1.80 bits per heavy atom. The van der Waals surface area contributed by atoms with Gasteiger partial charge in [-0.15, -0.1) is 0 Å². The van der Waals surface area contributed by atoms with E-state index in [-0.39, 0.29) is 11.6 Å². The molecule has 1 heterocycles. The Morgan fingerprint density at radius 1 is 0.971 bits per heavy atom. The van der Waals surface area contributed by atoms with E-state index in [0.717, 1.165) is 28.0 Å². The molecule has 1 aliphatic carbocycles. The van der Waals surface area contributed by atoms with E-state index in [1.54, 1.807) is 20.4 Å². The van der Waals surface area contributed by atoms with Gasteiger partial charge in [-0.05, 0) is 48.6 Å². The normalized spacial score (nSPS) is 13.1. The topological polar surface area (TPSA) is 90.0 Å². The van der Waals surface area contributed by atoms with Gasteiger partial charge in [0, 0.05) is 67.1 Å². The molecule has 0 bridgehead atoms. The Bertz CT molecular complexity index is 1340. The maximum Gasteiger partial charge on any atom is 0.186 e. The van der Waals surface area contributed by atoms with Gasteiger partial charge in [-0.25, -0.2) is 0 Å². The largest absolute Gasteiger partial charge is 0.493 e. The standard InChI is InChI=1S/C27H27N3O5/c1-30(2)24-7-5-17(13-19(24)20-14-18(31)6-8-25(20)32)29-22-9-10-28-23-16-27(35-12-11-33-3)26(34-4)15-21(22)23/h5-10,13-16H,11-12H2,1-4H3,(H,28,29). The number of nitrogens with one attached hydrogen (secondary N) is 1. The van der Waals surface area contributed by atoms with Crippen molar-refractivity contribution >= 4 is 45.1 Å². The average Bonchev–Trinajstić information content (AvgIpc) is 2.85. The van der Waals surface area contributed by atoms with Gasteiger partial charge in [0.25, 0.3) is 0 Å². The van der Waals surface area contributed by atoms with Gasteiger partial charge in [0.2, 0.25) is 0 Å². The summed E-state index contributed by atoms with van der Waals surface area (Å²) in [4.78, 5) is 30.9. The molecule has 35 heavy (non-hydrogen) atoms. The molecule has 8 heteroatoms. The van der Waals surface area contributed by atoms with Crippen molar-refractivity contribution in [1.82, 2.24) is 4.98 Å². The summed E-state index contributed by atoms with van der Waals surface area (Å²) in [7, 11) is 7.00. The van der Waals surface area contributed by atoms with E-state index < -0.39 is 0 Å². The number of benzene rings is 2. The van der Waals surface area contributed by atoms with E-state index in [1.165, 1.54) is 18.2 Å². The maximum absolute atomic E-state index is 12.6. The molecule has 1 N–H and O–H groups in total. The van der Waals surface area contributed by atoms with Crippen LogP contribution in [0.4, 0.5) is 17.1 Å². The van der Waals surface area contributed by atoms with Gasteiger partial charge < -0.3 is 24.4 Å². The Balaban J connectivity index is 1.73. The summed E-state index contributed by atoms with van der Waals surface area (Å²) in [6.07, 6.45) is 5.69. The quantitative estimate of drug-likeness (QED) is 0.366. The number of aromatic nitrogens is 1. The Morgan fingerprint density at radius 3 is 2.54 bits per heavy atom. The first-order chi connectivity index (χ1) is 16.9. The summed E-state index contributed by atoms with van der Waals surface area (Å²) in [5.41, 5.74) is 4.16. The first-order valence-corrected chi connectivity index (χ1v) is 11.1. The van der Waals surface area contributed by atoms with Crippen LogP contribution in [-0.2, 0) is 14.3 Å². The SMILES string of the molecule is COCCOc1cc2nccc(Nc3ccc(N(C)C)c(C4=CC(=O)C=CC4=O)c3)c2cc1OC. The number of ketones is 2. The van der Waals surface area contributed by atoms with Gasteiger partial charge in [0.1, 0.15) is 6.61 Å². The Labute approximate surface area is 203 Å². The van der Waals surface area contributed by atoms with E-state index in [0.29, 0.717) is 35.8 Å². The molecule has 0 atom stereocenters. The number of allylic oxidation sites excluding steroid dienone is 4. The number of rotatable bonds is 9. The summed E-state index contributed by atoms with van der Waals surface area (Å²) in [5.74, 6) is 0.750. The van der Waals surface area contributed by atoms with E-state index in [4.69, 9.17) is 14.2 Å². The summed E-state index contributed by atoms with van der Waals surface area (Å²) in [6, 6.07) is 11.3. The van der Waals surface area contributed by atoms with Crippen LogP contribution in [0.15, 0.2) is 60.8 Å². The van der Waals surface area contributed by atoms with Gasteiger partial charge in [0.15, 0.2) is 23.1 Å². The van der Waals surface area contributed by atoms with E-state index in [1.807, 2.05) is 55.4 Å². The predicted octanol–water partition coefficient (Wildman–Crippen LogP) is 4.17. The van der Waals surface area contributed by atoms with Gasteiger partial charge in [-0.2, -0.15) is 0 Å². The van der Waals surface area contributed by atoms with Gasteiger partial charge in [0.05, 0.1) is 19.2 Å². The van der Waals surface area contributed by atoms with Crippen LogP contribution in [0.5, 0.6) is 11.5 Å². The molecule has 8 nitrogen and oxygen atoms in total. The lowest BCUT2D eigenvalue weighted by molar-refractivity contribution is -0.113. The van der Waals surface area contributed by atoms with Crippen molar-refractivity contribution in [3.05, 3.63) is 66.4 Å². The van der Waals surface area contributed by atoms with Crippen LogP contribution in [0.2, 0.25) is 0 Å².